The standard InChI is InChI=1S/C13H9Br2N3O2S/c14-9-2-4-13(11(15)5-9)21(19,20)18-10-3-1-8-7-16-17-12(8)6-10/h1-7,18H,(H,16,17). The van der Waals surface area contributed by atoms with E-state index in [-0.39, 0.29) is 4.90 Å². The van der Waals surface area contributed by atoms with Gasteiger partial charge in [0.1, 0.15) is 4.90 Å². The molecule has 0 fully saturated rings. The predicted octanol–water partition coefficient (Wildman–Crippen LogP) is 3.89. The lowest BCUT2D eigenvalue weighted by Gasteiger charge is -2.10. The summed E-state index contributed by atoms with van der Waals surface area (Å²) in [6.45, 7) is 0. The molecule has 0 bridgehead atoms. The summed E-state index contributed by atoms with van der Waals surface area (Å²) in [6, 6.07) is 10.1. The molecule has 1 aromatic heterocycles. The Kier molecular flexibility index (Phi) is 3.76. The van der Waals surface area contributed by atoms with E-state index in [1.807, 2.05) is 0 Å². The summed E-state index contributed by atoms with van der Waals surface area (Å²) in [6.07, 6.45) is 1.68. The third-order valence-electron chi connectivity index (χ3n) is 2.88. The third-order valence-corrected chi connectivity index (χ3v) is 5.73. The number of halogens is 2. The van der Waals surface area contributed by atoms with Crippen LogP contribution < -0.4 is 4.72 Å². The molecule has 1 heterocycles. The average molecular weight is 431 g/mol. The Labute approximate surface area is 138 Å². The number of rotatable bonds is 3. The highest BCUT2D eigenvalue weighted by Gasteiger charge is 2.18. The van der Waals surface area contributed by atoms with Gasteiger partial charge in [0.2, 0.25) is 0 Å². The molecule has 3 aromatic rings. The predicted molar refractivity (Wildman–Crippen MR) is 88.7 cm³/mol. The number of fused-ring (bicyclic) bond motifs is 1. The fourth-order valence-corrected chi connectivity index (χ4v) is 4.70. The number of aromatic amines is 1. The fourth-order valence-electron chi connectivity index (χ4n) is 1.90. The van der Waals surface area contributed by atoms with Crippen LogP contribution in [0.4, 0.5) is 5.69 Å². The van der Waals surface area contributed by atoms with Crippen molar-refractivity contribution in [2.75, 3.05) is 4.72 Å². The fraction of sp³-hybridized carbons (Fsp3) is 0. The van der Waals surface area contributed by atoms with Gasteiger partial charge in [0.05, 0.1) is 17.4 Å². The minimum Gasteiger partial charge on any atom is -0.280 e. The van der Waals surface area contributed by atoms with Gasteiger partial charge in [-0.2, -0.15) is 5.10 Å². The van der Waals surface area contributed by atoms with E-state index < -0.39 is 10.0 Å². The number of nitrogens with zero attached hydrogens (tertiary/aromatic N) is 1. The summed E-state index contributed by atoms with van der Waals surface area (Å²) >= 11 is 6.56. The van der Waals surface area contributed by atoms with E-state index in [9.17, 15) is 8.42 Å². The summed E-state index contributed by atoms with van der Waals surface area (Å²) in [4.78, 5) is 0.176. The molecular formula is C13H9Br2N3O2S. The van der Waals surface area contributed by atoms with Crippen molar-refractivity contribution in [1.82, 2.24) is 10.2 Å². The second-order valence-electron chi connectivity index (χ2n) is 4.35. The van der Waals surface area contributed by atoms with Crippen molar-refractivity contribution in [3.63, 3.8) is 0 Å². The Morgan fingerprint density at radius 1 is 1.10 bits per heavy atom. The van der Waals surface area contributed by atoms with Crippen molar-refractivity contribution in [1.29, 1.82) is 0 Å². The number of H-pyrrole nitrogens is 1. The molecule has 0 radical (unpaired) electrons. The molecule has 21 heavy (non-hydrogen) atoms. The summed E-state index contributed by atoms with van der Waals surface area (Å²) in [7, 11) is -3.66. The van der Waals surface area contributed by atoms with Crippen molar-refractivity contribution >= 4 is 58.5 Å². The number of nitrogens with one attached hydrogen (secondary N) is 2. The van der Waals surface area contributed by atoms with Crippen LogP contribution in [0.2, 0.25) is 0 Å². The molecule has 8 heteroatoms. The van der Waals surface area contributed by atoms with Crippen LogP contribution in [-0.4, -0.2) is 18.6 Å². The van der Waals surface area contributed by atoms with Gasteiger partial charge in [-0.05, 0) is 52.3 Å². The smallest absolute Gasteiger partial charge is 0.263 e. The molecule has 5 nitrogen and oxygen atoms in total. The lowest BCUT2D eigenvalue weighted by Crippen LogP contribution is -2.13. The van der Waals surface area contributed by atoms with Crippen LogP contribution in [-0.2, 0) is 10.0 Å². The van der Waals surface area contributed by atoms with E-state index in [1.54, 1.807) is 36.5 Å². The summed E-state index contributed by atoms with van der Waals surface area (Å²) in [5, 5.41) is 7.63. The number of benzene rings is 2. The first-order valence-electron chi connectivity index (χ1n) is 5.87. The Morgan fingerprint density at radius 3 is 2.67 bits per heavy atom. The van der Waals surface area contributed by atoms with E-state index in [4.69, 9.17) is 0 Å². The monoisotopic (exact) mass is 429 g/mol. The molecule has 0 saturated heterocycles. The Hall–Kier alpha value is -1.38. The number of hydrogen-bond donors (Lipinski definition) is 2. The van der Waals surface area contributed by atoms with Crippen LogP contribution in [0.15, 0.2) is 56.4 Å². The third kappa shape index (κ3) is 2.97. The molecule has 108 valence electrons. The highest BCUT2D eigenvalue weighted by molar-refractivity contribution is 9.11. The molecule has 0 aliphatic carbocycles. The van der Waals surface area contributed by atoms with Gasteiger partial charge in [-0.15, -0.1) is 0 Å². The lowest BCUT2D eigenvalue weighted by molar-refractivity contribution is 0.601. The highest BCUT2D eigenvalue weighted by atomic mass is 79.9. The van der Waals surface area contributed by atoms with Gasteiger partial charge in [0, 0.05) is 14.3 Å². The normalized spacial score (nSPS) is 11.7. The van der Waals surface area contributed by atoms with Crippen molar-refractivity contribution in [3.8, 4) is 0 Å². The maximum Gasteiger partial charge on any atom is 0.263 e. The maximum atomic E-state index is 12.4. The largest absolute Gasteiger partial charge is 0.280 e. The zero-order valence-corrected chi connectivity index (χ0v) is 14.5. The van der Waals surface area contributed by atoms with Gasteiger partial charge in [-0.25, -0.2) is 8.42 Å². The van der Waals surface area contributed by atoms with E-state index in [2.05, 4.69) is 46.8 Å². The minimum absolute atomic E-state index is 0.176. The van der Waals surface area contributed by atoms with Crippen LogP contribution in [0.25, 0.3) is 10.9 Å². The van der Waals surface area contributed by atoms with Crippen molar-refractivity contribution in [2.24, 2.45) is 0 Å². The highest BCUT2D eigenvalue weighted by Crippen LogP contribution is 2.28. The first-order chi connectivity index (χ1) is 9.95. The number of aromatic nitrogens is 2. The van der Waals surface area contributed by atoms with Gasteiger partial charge < -0.3 is 0 Å². The molecule has 0 unspecified atom stereocenters. The van der Waals surface area contributed by atoms with Gasteiger partial charge >= 0.3 is 0 Å². The molecule has 0 saturated carbocycles. The molecule has 0 aliphatic heterocycles. The molecule has 0 amide bonds. The summed E-state index contributed by atoms with van der Waals surface area (Å²) in [5.74, 6) is 0. The molecule has 0 aliphatic rings. The number of hydrogen-bond acceptors (Lipinski definition) is 3. The Bertz CT molecular complexity index is 922. The second-order valence-corrected chi connectivity index (χ2v) is 7.77. The molecule has 0 spiro atoms. The van der Waals surface area contributed by atoms with E-state index in [1.165, 1.54) is 6.07 Å². The quantitative estimate of drug-likeness (QED) is 0.661. The topological polar surface area (TPSA) is 74.8 Å². The van der Waals surface area contributed by atoms with Crippen LogP contribution in [0.1, 0.15) is 0 Å². The van der Waals surface area contributed by atoms with Crippen LogP contribution in [0.5, 0.6) is 0 Å². The Morgan fingerprint density at radius 2 is 1.90 bits per heavy atom. The molecule has 3 rings (SSSR count). The molecule has 0 atom stereocenters. The molecule has 2 aromatic carbocycles. The van der Waals surface area contributed by atoms with Gasteiger partial charge in [0.25, 0.3) is 10.0 Å². The summed E-state index contributed by atoms with van der Waals surface area (Å²) in [5.41, 5.74) is 1.24. The van der Waals surface area contributed by atoms with Crippen LogP contribution >= 0.6 is 31.9 Å². The van der Waals surface area contributed by atoms with Gasteiger partial charge in [-0.1, -0.05) is 15.9 Å². The van der Waals surface area contributed by atoms with Gasteiger partial charge in [-0.3, -0.25) is 9.82 Å². The first kappa shape index (κ1) is 14.6. The van der Waals surface area contributed by atoms with Crippen LogP contribution in [0, 0.1) is 0 Å². The number of sulfonamides is 1. The van der Waals surface area contributed by atoms with Crippen molar-refractivity contribution in [3.05, 3.63) is 51.5 Å². The van der Waals surface area contributed by atoms with E-state index >= 15 is 0 Å². The second kappa shape index (κ2) is 5.43. The average Bonchev–Trinajstić information content (AvgIpc) is 2.85. The van der Waals surface area contributed by atoms with Crippen molar-refractivity contribution in [2.45, 2.75) is 4.90 Å². The van der Waals surface area contributed by atoms with Crippen LogP contribution in [0.3, 0.4) is 0 Å². The minimum atomic E-state index is -3.66. The van der Waals surface area contributed by atoms with E-state index in [0.717, 1.165) is 15.4 Å². The van der Waals surface area contributed by atoms with Gasteiger partial charge in [0.15, 0.2) is 0 Å². The maximum absolute atomic E-state index is 12.4. The molecular weight excluding hydrogens is 422 g/mol. The zero-order chi connectivity index (χ0) is 15.0. The first-order valence-corrected chi connectivity index (χ1v) is 8.94. The van der Waals surface area contributed by atoms with E-state index in [0.29, 0.717) is 10.2 Å². The van der Waals surface area contributed by atoms with Crippen molar-refractivity contribution < 1.29 is 8.42 Å². The zero-order valence-electron chi connectivity index (χ0n) is 10.5. The number of anilines is 1. The lowest BCUT2D eigenvalue weighted by atomic mass is 10.2. The SMILES string of the molecule is O=S(=O)(Nc1ccc2cn[nH]c2c1)c1ccc(Br)cc1Br. The summed E-state index contributed by atoms with van der Waals surface area (Å²) < 4.78 is 28.7. The Balaban J connectivity index is 1.98. The molecule has 2 N–H and O–H groups in total.